The van der Waals surface area contributed by atoms with Crippen LogP contribution in [0, 0.1) is 5.92 Å². The molecule has 2 rings (SSSR count). The third-order valence-corrected chi connectivity index (χ3v) is 5.83. The first-order valence-electron chi connectivity index (χ1n) is 11.9. The van der Waals surface area contributed by atoms with Gasteiger partial charge in [-0.3, -0.25) is 5.32 Å². The van der Waals surface area contributed by atoms with Crippen molar-refractivity contribution in [2.45, 2.75) is 83.7 Å². The van der Waals surface area contributed by atoms with Crippen molar-refractivity contribution >= 4 is 11.8 Å². The van der Waals surface area contributed by atoms with Crippen LogP contribution < -0.4 is 10.1 Å². The van der Waals surface area contributed by atoms with Gasteiger partial charge in [-0.25, -0.2) is 4.79 Å². The molecule has 1 saturated carbocycles. The molecule has 0 unspecified atom stereocenters. The third-order valence-electron chi connectivity index (χ3n) is 5.83. The predicted octanol–water partition coefficient (Wildman–Crippen LogP) is 6.48. The maximum absolute atomic E-state index is 12.5. The summed E-state index contributed by atoms with van der Waals surface area (Å²) in [6.45, 7) is 3.88. The van der Waals surface area contributed by atoms with Crippen LogP contribution in [0.3, 0.4) is 0 Å². The van der Waals surface area contributed by atoms with Crippen LogP contribution in [0.2, 0.25) is 0 Å². The summed E-state index contributed by atoms with van der Waals surface area (Å²) in [4.78, 5) is 14.6. The number of unbranched alkanes of at least 4 members (excludes halogenated alkanes) is 7. The van der Waals surface area contributed by atoms with E-state index in [1.165, 1.54) is 44.9 Å². The van der Waals surface area contributed by atoms with E-state index in [0.717, 1.165) is 32.2 Å². The van der Waals surface area contributed by atoms with Crippen molar-refractivity contribution in [3.05, 3.63) is 24.3 Å². The Balaban J connectivity index is 1.70. The maximum atomic E-state index is 12.5. The minimum Gasteiger partial charge on any atom is -0.491 e. The Morgan fingerprint density at radius 1 is 1.03 bits per heavy atom. The van der Waals surface area contributed by atoms with E-state index < -0.39 is 0 Å². The molecule has 0 saturated heterocycles. The maximum Gasteiger partial charge on any atom is 0.412 e. The molecule has 0 bridgehead atoms. The molecule has 1 amide bonds. The zero-order valence-corrected chi connectivity index (χ0v) is 19.3. The Bertz CT molecular complexity index is 606. The molecule has 1 aliphatic carbocycles. The highest BCUT2D eigenvalue weighted by Gasteiger charge is 2.30. The molecular formula is C25H42N2O3. The highest BCUT2D eigenvalue weighted by Crippen LogP contribution is 2.30. The van der Waals surface area contributed by atoms with Gasteiger partial charge in [-0.2, -0.15) is 0 Å². The first-order valence-corrected chi connectivity index (χ1v) is 11.9. The van der Waals surface area contributed by atoms with Gasteiger partial charge in [-0.1, -0.05) is 64.0 Å². The van der Waals surface area contributed by atoms with E-state index in [4.69, 9.17) is 9.47 Å². The molecule has 5 heteroatoms. The number of ether oxygens (including phenoxy) is 2. The summed E-state index contributed by atoms with van der Waals surface area (Å²) >= 11 is 0. The Morgan fingerprint density at radius 3 is 2.47 bits per heavy atom. The van der Waals surface area contributed by atoms with Gasteiger partial charge in [-0.05, 0) is 51.9 Å². The van der Waals surface area contributed by atoms with Crippen LogP contribution in [0.5, 0.6) is 5.75 Å². The zero-order valence-electron chi connectivity index (χ0n) is 19.3. The normalized spacial score (nSPS) is 18.5. The quantitative estimate of drug-likeness (QED) is 0.351. The molecule has 1 aromatic carbocycles. The minimum atomic E-state index is -0.381. The lowest BCUT2D eigenvalue weighted by atomic mass is 10.1. The molecule has 170 valence electrons. The highest BCUT2D eigenvalue weighted by atomic mass is 16.6. The number of nitrogens with one attached hydrogen (secondary N) is 1. The van der Waals surface area contributed by atoms with Gasteiger partial charge < -0.3 is 14.4 Å². The lowest BCUT2D eigenvalue weighted by molar-refractivity contribution is 0.0780. The first kappa shape index (κ1) is 24.5. The van der Waals surface area contributed by atoms with Crippen LogP contribution in [0.1, 0.15) is 77.6 Å². The second-order valence-corrected chi connectivity index (χ2v) is 8.84. The van der Waals surface area contributed by atoms with Crippen molar-refractivity contribution in [3.63, 3.8) is 0 Å². The molecule has 1 fully saturated rings. The monoisotopic (exact) mass is 418 g/mol. The Hall–Kier alpha value is -1.75. The lowest BCUT2D eigenvalue weighted by Crippen LogP contribution is -2.31. The molecule has 5 nitrogen and oxygen atoms in total. The largest absolute Gasteiger partial charge is 0.491 e. The second kappa shape index (κ2) is 14.3. The number of rotatable bonds is 14. The van der Waals surface area contributed by atoms with Gasteiger partial charge in [0.15, 0.2) is 0 Å². The summed E-state index contributed by atoms with van der Waals surface area (Å²) in [5.74, 6) is 1.13. The van der Waals surface area contributed by atoms with E-state index in [-0.39, 0.29) is 12.2 Å². The summed E-state index contributed by atoms with van der Waals surface area (Å²) in [6, 6.07) is 7.62. The SMILES string of the molecule is CCCCCCCCCCOc1ccccc1NC(=O)O[C@H]1CCC[C@H]1CN(C)C. The number of nitrogens with zero attached hydrogens (tertiary/aromatic N) is 1. The summed E-state index contributed by atoms with van der Waals surface area (Å²) in [7, 11) is 4.13. The average Bonchev–Trinajstić information content (AvgIpc) is 3.13. The Kier molecular flexibility index (Phi) is 11.7. The van der Waals surface area contributed by atoms with Gasteiger partial charge in [-0.15, -0.1) is 0 Å². The van der Waals surface area contributed by atoms with Gasteiger partial charge in [0.2, 0.25) is 0 Å². The van der Waals surface area contributed by atoms with Crippen LogP contribution in [0.25, 0.3) is 0 Å². The molecule has 1 N–H and O–H groups in total. The molecule has 0 heterocycles. The van der Waals surface area contributed by atoms with Gasteiger partial charge in [0.25, 0.3) is 0 Å². The molecule has 2 atom stereocenters. The first-order chi connectivity index (χ1) is 14.6. The Morgan fingerprint density at radius 2 is 1.73 bits per heavy atom. The van der Waals surface area contributed by atoms with E-state index >= 15 is 0 Å². The topological polar surface area (TPSA) is 50.8 Å². The number of hydrogen-bond donors (Lipinski definition) is 1. The molecule has 30 heavy (non-hydrogen) atoms. The number of amides is 1. The number of anilines is 1. The molecule has 1 aromatic rings. The fourth-order valence-electron chi connectivity index (χ4n) is 4.23. The molecule has 0 radical (unpaired) electrons. The third kappa shape index (κ3) is 9.38. The van der Waals surface area contributed by atoms with Gasteiger partial charge in [0.1, 0.15) is 11.9 Å². The van der Waals surface area contributed by atoms with Crippen molar-refractivity contribution in [1.82, 2.24) is 4.90 Å². The summed E-state index contributed by atoms with van der Waals surface area (Å²) in [6.07, 6.45) is 13.0. The van der Waals surface area contributed by atoms with E-state index in [1.54, 1.807) is 0 Å². The number of carbonyl (C=O) groups is 1. The number of benzene rings is 1. The van der Waals surface area contributed by atoms with E-state index in [0.29, 0.717) is 24.0 Å². The molecule has 0 spiro atoms. The van der Waals surface area contributed by atoms with Crippen LogP contribution in [-0.4, -0.2) is 44.3 Å². The number of para-hydroxylation sites is 2. The summed E-state index contributed by atoms with van der Waals surface area (Å²) in [5, 5.41) is 2.89. The Labute approximate surface area is 183 Å². The highest BCUT2D eigenvalue weighted by molar-refractivity contribution is 5.86. The van der Waals surface area contributed by atoms with Gasteiger partial charge in [0.05, 0.1) is 12.3 Å². The van der Waals surface area contributed by atoms with Crippen molar-refractivity contribution in [1.29, 1.82) is 0 Å². The van der Waals surface area contributed by atoms with Gasteiger partial charge >= 0.3 is 6.09 Å². The minimum absolute atomic E-state index is 0.00203. The predicted molar refractivity (Wildman–Crippen MR) is 124 cm³/mol. The average molecular weight is 419 g/mol. The smallest absolute Gasteiger partial charge is 0.412 e. The second-order valence-electron chi connectivity index (χ2n) is 8.84. The lowest BCUT2D eigenvalue weighted by Gasteiger charge is -2.23. The van der Waals surface area contributed by atoms with Crippen molar-refractivity contribution in [2.75, 3.05) is 32.6 Å². The van der Waals surface area contributed by atoms with Crippen LogP contribution in [-0.2, 0) is 4.74 Å². The number of hydrogen-bond acceptors (Lipinski definition) is 4. The zero-order chi connectivity index (χ0) is 21.6. The molecule has 0 aliphatic heterocycles. The van der Waals surface area contributed by atoms with Crippen molar-refractivity contribution < 1.29 is 14.3 Å². The number of carbonyl (C=O) groups excluding carboxylic acids is 1. The van der Waals surface area contributed by atoms with E-state index in [2.05, 4.69) is 31.2 Å². The fourth-order valence-corrected chi connectivity index (χ4v) is 4.23. The van der Waals surface area contributed by atoms with Crippen LogP contribution in [0.15, 0.2) is 24.3 Å². The van der Waals surface area contributed by atoms with Crippen molar-refractivity contribution in [2.24, 2.45) is 5.92 Å². The van der Waals surface area contributed by atoms with E-state index in [1.807, 2.05) is 24.3 Å². The van der Waals surface area contributed by atoms with Crippen molar-refractivity contribution in [3.8, 4) is 5.75 Å². The molecule has 1 aliphatic rings. The van der Waals surface area contributed by atoms with E-state index in [9.17, 15) is 4.79 Å². The molecule has 0 aromatic heterocycles. The molecular weight excluding hydrogens is 376 g/mol. The standard InChI is InChI=1S/C25H42N2O3/c1-4-5-6-7-8-9-10-13-19-29-24-17-12-11-16-22(24)26-25(28)30-23-18-14-15-21(23)20-27(2)3/h11-12,16-17,21,23H,4-10,13-15,18-20H2,1-3H3,(H,26,28)/t21-,23-/m0/s1. The van der Waals surface area contributed by atoms with Crippen LogP contribution in [0.4, 0.5) is 10.5 Å². The van der Waals surface area contributed by atoms with Crippen LogP contribution >= 0.6 is 0 Å². The summed E-state index contributed by atoms with van der Waals surface area (Å²) < 4.78 is 11.7. The fraction of sp³-hybridized carbons (Fsp3) is 0.720. The summed E-state index contributed by atoms with van der Waals surface area (Å²) in [5.41, 5.74) is 0.684. The van der Waals surface area contributed by atoms with Gasteiger partial charge in [0, 0.05) is 12.5 Å².